The fourth-order valence-corrected chi connectivity index (χ4v) is 3.22. The standard InChI is InChI=1S/C16H25N5O3/c22-15(3-1-2-13-10-18-19-11-13)21-5-4-17-12-14(21)16(23)20-6-8-24-9-7-20/h10-11,14,17H,1-9,12H2,(H,18,19)/t14-/m1/s1. The van der Waals surface area contributed by atoms with Gasteiger partial charge in [-0.15, -0.1) is 0 Å². The van der Waals surface area contributed by atoms with E-state index in [9.17, 15) is 9.59 Å². The monoisotopic (exact) mass is 335 g/mol. The maximum absolute atomic E-state index is 12.8. The highest BCUT2D eigenvalue weighted by molar-refractivity contribution is 5.88. The summed E-state index contributed by atoms with van der Waals surface area (Å²) in [6, 6.07) is -0.390. The van der Waals surface area contributed by atoms with Gasteiger partial charge in [-0.2, -0.15) is 5.10 Å². The number of piperazine rings is 1. The molecule has 3 heterocycles. The number of carbonyl (C=O) groups excluding carboxylic acids is 2. The second kappa shape index (κ2) is 8.25. The lowest BCUT2D eigenvalue weighted by Gasteiger charge is -2.39. The number of hydrogen-bond donors (Lipinski definition) is 2. The van der Waals surface area contributed by atoms with Gasteiger partial charge in [0, 0.05) is 45.3 Å². The molecular weight excluding hydrogens is 310 g/mol. The van der Waals surface area contributed by atoms with Gasteiger partial charge in [0.1, 0.15) is 6.04 Å². The average molecular weight is 335 g/mol. The van der Waals surface area contributed by atoms with Crippen molar-refractivity contribution in [1.82, 2.24) is 25.3 Å². The first-order chi connectivity index (χ1) is 11.8. The Morgan fingerprint density at radius 1 is 1.29 bits per heavy atom. The lowest BCUT2D eigenvalue weighted by atomic mass is 10.1. The lowest BCUT2D eigenvalue weighted by molar-refractivity contribution is -0.149. The molecule has 2 amide bonds. The van der Waals surface area contributed by atoms with Crippen LogP contribution in [0.5, 0.6) is 0 Å². The highest BCUT2D eigenvalue weighted by Crippen LogP contribution is 2.13. The van der Waals surface area contributed by atoms with E-state index in [-0.39, 0.29) is 11.8 Å². The van der Waals surface area contributed by atoms with Crippen LogP contribution in [0.15, 0.2) is 12.4 Å². The Kier molecular flexibility index (Phi) is 5.81. The third-order valence-corrected chi connectivity index (χ3v) is 4.58. The Labute approximate surface area is 141 Å². The lowest BCUT2D eigenvalue weighted by Crippen LogP contribution is -2.61. The fourth-order valence-electron chi connectivity index (χ4n) is 3.22. The number of H-pyrrole nitrogens is 1. The molecule has 8 nitrogen and oxygen atoms in total. The summed E-state index contributed by atoms with van der Waals surface area (Å²) in [5.74, 6) is 0.0975. The molecule has 0 unspecified atom stereocenters. The van der Waals surface area contributed by atoms with Crippen molar-refractivity contribution in [2.45, 2.75) is 25.3 Å². The predicted molar refractivity (Wildman–Crippen MR) is 87.3 cm³/mol. The number of carbonyl (C=O) groups is 2. The van der Waals surface area contributed by atoms with Gasteiger partial charge in [0.25, 0.3) is 0 Å². The maximum Gasteiger partial charge on any atom is 0.246 e. The Bertz CT molecular complexity index is 542. The van der Waals surface area contributed by atoms with Crippen molar-refractivity contribution in [3.8, 4) is 0 Å². The Morgan fingerprint density at radius 2 is 2.12 bits per heavy atom. The van der Waals surface area contributed by atoms with Crippen LogP contribution in [-0.2, 0) is 20.7 Å². The average Bonchev–Trinajstić information content (AvgIpc) is 3.15. The second-order valence-corrected chi connectivity index (χ2v) is 6.20. The number of hydrogen-bond acceptors (Lipinski definition) is 5. The van der Waals surface area contributed by atoms with Gasteiger partial charge in [0.15, 0.2) is 0 Å². The van der Waals surface area contributed by atoms with Gasteiger partial charge < -0.3 is 19.9 Å². The van der Waals surface area contributed by atoms with Crippen molar-refractivity contribution in [2.75, 3.05) is 45.9 Å². The first-order valence-corrected chi connectivity index (χ1v) is 8.60. The number of nitrogens with one attached hydrogen (secondary N) is 2. The molecule has 24 heavy (non-hydrogen) atoms. The molecule has 2 aliphatic heterocycles. The van der Waals surface area contributed by atoms with E-state index in [0.717, 1.165) is 24.9 Å². The van der Waals surface area contributed by atoms with Crippen molar-refractivity contribution in [3.05, 3.63) is 18.0 Å². The first-order valence-electron chi connectivity index (χ1n) is 8.60. The van der Waals surface area contributed by atoms with Crippen LogP contribution in [0.3, 0.4) is 0 Å². The number of rotatable bonds is 5. The number of morpholine rings is 1. The number of aryl methyl sites for hydroxylation is 1. The van der Waals surface area contributed by atoms with E-state index in [4.69, 9.17) is 4.74 Å². The molecule has 0 saturated carbocycles. The summed E-state index contributed by atoms with van der Waals surface area (Å²) in [5.41, 5.74) is 1.10. The Hall–Kier alpha value is -1.93. The largest absolute Gasteiger partial charge is 0.378 e. The molecule has 2 N–H and O–H groups in total. The minimum atomic E-state index is -0.390. The zero-order valence-electron chi connectivity index (χ0n) is 13.9. The van der Waals surface area contributed by atoms with Gasteiger partial charge in [-0.05, 0) is 18.4 Å². The van der Waals surface area contributed by atoms with E-state index < -0.39 is 6.04 Å². The second-order valence-electron chi connectivity index (χ2n) is 6.20. The van der Waals surface area contributed by atoms with Gasteiger partial charge in [-0.25, -0.2) is 0 Å². The van der Waals surface area contributed by atoms with E-state index in [0.29, 0.717) is 45.8 Å². The van der Waals surface area contributed by atoms with E-state index in [2.05, 4.69) is 15.5 Å². The van der Waals surface area contributed by atoms with E-state index in [1.165, 1.54) is 0 Å². The van der Waals surface area contributed by atoms with Gasteiger partial charge in [0.05, 0.1) is 19.4 Å². The molecule has 0 radical (unpaired) electrons. The topological polar surface area (TPSA) is 90.6 Å². The third-order valence-electron chi connectivity index (χ3n) is 4.58. The summed E-state index contributed by atoms with van der Waals surface area (Å²) in [6.45, 7) is 4.22. The van der Waals surface area contributed by atoms with Crippen LogP contribution < -0.4 is 5.32 Å². The highest BCUT2D eigenvalue weighted by Gasteiger charge is 2.34. The summed E-state index contributed by atoms with van der Waals surface area (Å²) in [6.07, 6.45) is 5.66. The zero-order chi connectivity index (χ0) is 16.8. The van der Waals surface area contributed by atoms with Crippen molar-refractivity contribution >= 4 is 11.8 Å². The normalized spacial score (nSPS) is 21.8. The van der Waals surface area contributed by atoms with E-state index >= 15 is 0 Å². The molecule has 0 aromatic carbocycles. The van der Waals surface area contributed by atoms with Crippen molar-refractivity contribution in [3.63, 3.8) is 0 Å². The summed E-state index contributed by atoms with van der Waals surface area (Å²) in [4.78, 5) is 28.9. The number of aromatic amines is 1. The van der Waals surface area contributed by atoms with Gasteiger partial charge in [-0.3, -0.25) is 14.7 Å². The third kappa shape index (κ3) is 4.12. The summed E-state index contributed by atoms with van der Waals surface area (Å²) in [7, 11) is 0. The molecule has 1 aromatic heterocycles. The molecule has 1 atom stereocenters. The van der Waals surface area contributed by atoms with Crippen LogP contribution in [0.25, 0.3) is 0 Å². The van der Waals surface area contributed by atoms with Gasteiger partial charge in [0.2, 0.25) is 11.8 Å². The highest BCUT2D eigenvalue weighted by atomic mass is 16.5. The molecule has 2 aliphatic rings. The first kappa shape index (κ1) is 16.9. The summed E-state index contributed by atoms with van der Waals surface area (Å²) in [5, 5.41) is 9.92. The molecular formula is C16H25N5O3. The number of nitrogens with zero attached hydrogens (tertiary/aromatic N) is 3. The molecule has 132 valence electrons. The molecule has 1 aromatic rings. The van der Waals surface area contributed by atoms with Crippen molar-refractivity contribution in [2.24, 2.45) is 0 Å². The smallest absolute Gasteiger partial charge is 0.246 e. The molecule has 2 fully saturated rings. The quantitative estimate of drug-likeness (QED) is 0.749. The van der Waals surface area contributed by atoms with Crippen LogP contribution in [0.2, 0.25) is 0 Å². The molecule has 2 saturated heterocycles. The van der Waals surface area contributed by atoms with E-state index in [1.54, 1.807) is 11.1 Å². The van der Waals surface area contributed by atoms with Crippen LogP contribution in [0, 0.1) is 0 Å². The Balaban J connectivity index is 1.54. The predicted octanol–water partition coefficient (Wildman–Crippen LogP) is -0.608. The number of ether oxygens (including phenoxy) is 1. The minimum absolute atomic E-state index is 0.0358. The van der Waals surface area contributed by atoms with Crippen LogP contribution >= 0.6 is 0 Å². The molecule has 0 bridgehead atoms. The molecule has 3 rings (SSSR count). The molecule has 0 aliphatic carbocycles. The summed E-state index contributed by atoms with van der Waals surface area (Å²) < 4.78 is 5.30. The maximum atomic E-state index is 12.8. The zero-order valence-corrected chi connectivity index (χ0v) is 13.9. The van der Waals surface area contributed by atoms with Crippen molar-refractivity contribution in [1.29, 1.82) is 0 Å². The minimum Gasteiger partial charge on any atom is -0.378 e. The van der Waals surface area contributed by atoms with E-state index in [1.807, 2.05) is 11.1 Å². The molecule has 8 heteroatoms. The van der Waals surface area contributed by atoms with Crippen molar-refractivity contribution < 1.29 is 14.3 Å². The van der Waals surface area contributed by atoms with Crippen LogP contribution in [0.4, 0.5) is 0 Å². The van der Waals surface area contributed by atoms with Crippen LogP contribution in [-0.4, -0.2) is 83.8 Å². The van der Waals surface area contributed by atoms with Gasteiger partial charge >= 0.3 is 0 Å². The number of amides is 2. The Morgan fingerprint density at radius 3 is 2.88 bits per heavy atom. The number of aromatic nitrogens is 2. The van der Waals surface area contributed by atoms with Gasteiger partial charge in [-0.1, -0.05) is 0 Å². The SMILES string of the molecule is O=C([C@H]1CNCCN1C(=O)CCCc1cn[nH]c1)N1CCOCC1. The molecule has 0 spiro atoms. The fraction of sp³-hybridized carbons (Fsp3) is 0.688. The summed E-state index contributed by atoms with van der Waals surface area (Å²) >= 11 is 0. The van der Waals surface area contributed by atoms with Crippen LogP contribution in [0.1, 0.15) is 18.4 Å².